The molecule has 3 rings (SSSR count). The second kappa shape index (κ2) is 3.55. The van der Waals surface area contributed by atoms with E-state index in [0.717, 1.165) is 11.1 Å². The highest BCUT2D eigenvalue weighted by Gasteiger charge is 2.40. The number of carbonyl (C=O) groups excluding carboxylic acids is 2. The van der Waals surface area contributed by atoms with Gasteiger partial charge in [-0.1, -0.05) is 24.3 Å². The third kappa shape index (κ3) is 1.35. The van der Waals surface area contributed by atoms with Crippen molar-refractivity contribution in [2.45, 2.75) is 12.8 Å². The van der Waals surface area contributed by atoms with Gasteiger partial charge in [0.1, 0.15) is 0 Å². The molecule has 0 aliphatic heterocycles. The van der Waals surface area contributed by atoms with E-state index in [1.807, 2.05) is 24.3 Å². The maximum atomic E-state index is 12.0. The summed E-state index contributed by atoms with van der Waals surface area (Å²) in [5.74, 6) is 0.589. The lowest BCUT2D eigenvalue weighted by molar-refractivity contribution is -0.117. The Labute approximate surface area is 99.1 Å². The van der Waals surface area contributed by atoms with Crippen molar-refractivity contribution in [3.05, 3.63) is 41.2 Å². The van der Waals surface area contributed by atoms with Crippen LogP contribution in [0.25, 0.3) is 5.57 Å². The minimum atomic E-state index is 0.0111. The van der Waals surface area contributed by atoms with E-state index in [9.17, 15) is 9.59 Å². The van der Waals surface area contributed by atoms with Crippen LogP contribution < -0.4 is 0 Å². The molecule has 0 aromatic heterocycles. The highest BCUT2D eigenvalue weighted by atomic mass is 16.5. The Kier molecular flexibility index (Phi) is 2.15. The first-order valence-electron chi connectivity index (χ1n) is 5.66. The Hall–Kier alpha value is -1.90. The minimum Gasteiger partial charge on any atom is -0.493 e. The summed E-state index contributed by atoms with van der Waals surface area (Å²) in [6.07, 6.45) is 0.823. The Morgan fingerprint density at radius 2 is 1.71 bits per heavy atom. The molecule has 2 aliphatic carbocycles. The summed E-state index contributed by atoms with van der Waals surface area (Å²) in [4.78, 5) is 23.7. The summed E-state index contributed by atoms with van der Waals surface area (Å²) in [6.45, 7) is 0. The molecule has 0 spiro atoms. The third-order valence-electron chi connectivity index (χ3n) is 3.49. The number of fused-ring (bicyclic) bond motifs is 3. The molecule has 0 amide bonds. The molecular formula is C14H12O3. The number of benzene rings is 1. The molecule has 0 N–H and O–H groups in total. The molecular weight excluding hydrogens is 216 g/mol. The Balaban J connectivity index is 2.27. The zero-order valence-corrected chi connectivity index (χ0v) is 9.53. The van der Waals surface area contributed by atoms with Gasteiger partial charge < -0.3 is 4.74 Å². The van der Waals surface area contributed by atoms with Crippen molar-refractivity contribution < 1.29 is 14.3 Å². The molecule has 0 saturated carbocycles. The first kappa shape index (κ1) is 10.3. The van der Waals surface area contributed by atoms with Crippen LogP contribution in [0.2, 0.25) is 0 Å². The van der Waals surface area contributed by atoms with Gasteiger partial charge in [-0.15, -0.1) is 0 Å². The van der Waals surface area contributed by atoms with Crippen LogP contribution in [0, 0.1) is 5.92 Å². The van der Waals surface area contributed by atoms with Crippen LogP contribution in [0.15, 0.2) is 30.0 Å². The van der Waals surface area contributed by atoms with Crippen molar-refractivity contribution in [2.75, 3.05) is 7.11 Å². The van der Waals surface area contributed by atoms with E-state index in [4.69, 9.17) is 4.74 Å². The highest BCUT2D eigenvalue weighted by molar-refractivity contribution is 6.13. The minimum absolute atomic E-state index is 0.0111. The van der Waals surface area contributed by atoms with Crippen molar-refractivity contribution in [2.24, 2.45) is 5.92 Å². The topological polar surface area (TPSA) is 43.4 Å². The Morgan fingerprint density at radius 1 is 1.06 bits per heavy atom. The first-order chi connectivity index (χ1) is 8.22. The van der Waals surface area contributed by atoms with Gasteiger partial charge in [0, 0.05) is 29.9 Å². The molecule has 86 valence electrons. The molecule has 3 heteroatoms. The molecule has 3 nitrogen and oxygen atoms in total. The fourth-order valence-electron chi connectivity index (χ4n) is 2.79. The molecule has 17 heavy (non-hydrogen) atoms. The predicted octanol–water partition coefficient (Wildman–Crippen LogP) is 2.22. The average Bonchev–Trinajstić information content (AvgIpc) is 2.65. The fourth-order valence-corrected chi connectivity index (χ4v) is 2.79. The molecule has 1 atom stereocenters. The van der Waals surface area contributed by atoms with E-state index in [1.54, 1.807) is 0 Å². The SMILES string of the molecule is COC1=C2c3ccccc3C(=O)CC2CC1=O. The zero-order chi connectivity index (χ0) is 12.0. The molecule has 0 saturated heterocycles. The van der Waals surface area contributed by atoms with Crippen LogP contribution in [0.3, 0.4) is 0 Å². The molecule has 0 radical (unpaired) electrons. The van der Waals surface area contributed by atoms with Crippen molar-refractivity contribution in [3.8, 4) is 0 Å². The van der Waals surface area contributed by atoms with Gasteiger partial charge in [-0.2, -0.15) is 0 Å². The van der Waals surface area contributed by atoms with Crippen molar-refractivity contribution in [1.29, 1.82) is 0 Å². The number of Topliss-reactive ketones (excluding diaryl/α,β-unsaturated/α-hetero) is 2. The second-order valence-corrected chi connectivity index (χ2v) is 4.44. The standard InChI is InChI=1S/C14H12O3/c1-17-14-12(16)7-8-6-11(15)9-4-2-3-5-10(9)13(8)14/h2-5,8H,6-7H2,1H3. The van der Waals surface area contributed by atoms with Crippen LogP contribution in [-0.4, -0.2) is 18.7 Å². The first-order valence-corrected chi connectivity index (χ1v) is 5.66. The van der Waals surface area contributed by atoms with E-state index in [1.165, 1.54) is 7.11 Å². The van der Waals surface area contributed by atoms with Gasteiger partial charge in [0.15, 0.2) is 17.3 Å². The Bertz CT molecular complexity index is 554. The number of ketones is 2. The normalized spacial score (nSPS) is 22.5. The van der Waals surface area contributed by atoms with Gasteiger partial charge >= 0.3 is 0 Å². The maximum absolute atomic E-state index is 12.0. The molecule has 0 bridgehead atoms. The van der Waals surface area contributed by atoms with Gasteiger partial charge in [0.05, 0.1) is 7.11 Å². The van der Waals surface area contributed by atoms with E-state index in [-0.39, 0.29) is 17.5 Å². The summed E-state index contributed by atoms with van der Waals surface area (Å²) in [5, 5.41) is 0. The second-order valence-electron chi connectivity index (χ2n) is 4.44. The number of rotatable bonds is 1. The Morgan fingerprint density at radius 3 is 2.41 bits per heavy atom. The van der Waals surface area contributed by atoms with Crippen LogP contribution in [0.5, 0.6) is 0 Å². The van der Waals surface area contributed by atoms with Gasteiger partial charge in [0.2, 0.25) is 0 Å². The molecule has 0 heterocycles. The molecule has 1 aromatic rings. The number of hydrogen-bond donors (Lipinski definition) is 0. The quantitative estimate of drug-likeness (QED) is 0.740. The lowest BCUT2D eigenvalue weighted by Gasteiger charge is -2.22. The van der Waals surface area contributed by atoms with Gasteiger partial charge in [0.25, 0.3) is 0 Å². The van der Waals surface area contributed by atoms with Gasteiger partial charge in [-0.3, -0.25) is 9.59 Å². The smallest absolute Gasteiger partial charge is 0.198 e. The van der Waals surface area contributed by atoms with E-state index in [0.29, 0.717) is 24.2 Å². The van der Waals surface area contributed by atoms with Crippen LogP contribution in [0.1, 0.15) is 28.8 Å². The summed E-state index contributed by atoms with van der Waals surface area (Å²) in [6, 6.07) is 7.45. The number of methoxy groups -OCH3 is 1. The van der Waals surface area contributed by atoms with E-state index < -0.39 is 0 Å². The number of allylic oxidation sites excluding steroid dienone is 2. The molecule has 0 fully saturated rings. The lowest BCUT2D eigenvalue weighted by atomic mass is 9.80. The van der Waals surface area contributed by atoms with E-state index in [2.05, 4.69) is 0 Å². The zero-order valence-electron chi connectivity index (χ0n) is 9.53. The van der Waals surface area contributed by atoms with Crippen molar-refractivity contribution in [3.63, 3.8) is 0 Å². The highest BCUT2D eigenvalue weighted by Crippen LogP contribution is 2.44. The number of hydrogen-bond acceptors (Lipinski definition) is 3. The number of carbonyl (C=O) groups is 2. The average molecular weight is 228 g/mol. The van der Waals surface area contributed by atoms with Crippen molar-refractivity contribution in [1.82, 2.24) is 0 Å². The fraction of sp³-hybridized carbons (Fsp3) is 0.286. The van der Waals surface area contributed by atoms with Crippen molar-refractivity contribution >= 4 is 17.1 Å². The summed E-state index contributed by atoms with van der Waals surface area (Å²) in [5.41, 5.74) is 2.51. The van der Waals surface area contributed by atoms with Crippen LogP contribution >= 0.6 is 0 Å². The summed E-state index contributed by atoms with van der Waals surface area (Å²) >= 11 is 0. The lowest BCUT2D eigenvalue weighted by Crippen LogP contribution is -2.17. The molecule has 1 unspecified atom stereocenters. The molecule has 1 aromatic carbocycles. The summed E-state index contributed by atoms with van der Waals surface area (Å²) < 4.78 is 5.20. The van der Waals surface area contributed by atoms with Crippen LogP contribution in [0.4, 0.5) is 0 Å². The van der Waals surface area contributed by atoms with E-state index >= 15 is 0 Å². The maximum Gasteiger partial charge on any atom is 0.198 e. The van der Waals surface area contributed by atoms with Gasteiger partial charge in [-0.05, 0) is 5.56 Å². The predicted molar refractivity (Wildman–Crippen MR) is 62.4 cm³/mol. The largest absolute Gasteiger partial charge is 0.493 e. The van der Waals surface area contributed by atoms with Gasteiger partial charge in [-0.25, -0.2) is 0 Å². The van der Waals surface area contributed by atoms with Crippen LogP contribution in [-0.2, 0) is 9.53 Å². The monoisotopic (exact) mass is 228 g/mol. The molecule has 2 aliphatic rings. The third-order valence-corrected chi connectivity index (χ3v) is 3.49. The summed E-state index contributed by atoms with van der Waals surface area (Å²) in [7, 11) is 1.52. The number of ether oxygens (including phenoxy) is 1.